The van der Waals surface area contributed by atoms with Gasteiger partial charge in [0.25, 0.3) is 5.69 Å². The molecule has 11 heteroatoms. The third-order valence-corrected chi connectivity index (χ3v) is 6.80. The predicted molar refractivity (Wildman–Crippen MR) is 81.7 cm³/mol. The second kappa shape index (κ2) is 6.36. The van der Waals surface area contributed by atoms with E-state index in [1.807, 2.05) is 12.3 Å². The van der Waals surface area contributed by atoms with Crippen LogP contribution in [0, 0.1) is 10.1 Å². The van der Waals surface area contributed by atoms with Crippen molar-refractivity contribution in [2.75, 3.05) is 6.54 Å². The molecule has 0 bridgehead atoms. The summed E-state index contributed by atoms with van der Waals surface area (Å²) in [6.45, 7) is 1.99. The minimum absolute atomic E-state index is 0.0924. The summed E-state index contributed by atoms with van der Waals surface area (Å²) in [7, 11) is -3.83. The topological polar surface area (TPSA) is 102 Å². The molecule has 2 aromatic heterocycles. The highest BCUT2D eigenvalue weighted by Crippen LogP contribution is 2.36. The first-order valence-corrected chi connectivity index (χ1v) is 9.19. The van der Waals surface area contributed by atoms with Crippen molar-refractivity contribution in [3.63, 3.8) is 0 Å². The number of nitrogens with zero attached hydrogens (tertiary/aromatic N) is 2. The van der Waals surface area contributed by atoms with Crippen LogP contribution in [0.15, 0.2) is 21.9 Å². The maximum Gasteiger partial charge on any atom is 0.300 e. The Morgan fingerprint density at radius 3 is 2.81 bits per heavy atom. The van der Waals surface area contributed by atoms with Gasteiger partial charge >= 0.3 is 0 Å². The molecule has 0 aliphatic heterocycles. The van der Waals surface area contributed by atoms with Crippen molar-refractivity contribution in [2.45, 2.75) is 17.1 Å². The second-order valence-electron chi connectivity index (χ2n) is 4.10. The molecule has 0 saturated carbocycles. The number of aromatic nitrogens is 1. The number of halogens is 1. The molecule has 0 amide bonds. The van der Waals surface area contributed by atoms with Crippen LogP contribution in [0.2, 0.25) is 4.34 Å². The number of nitro groups is 1. The minimum Gasteiger partial charge on any atom is -0.258 e. The quantitative estimate of drug-likeness (QED) is 0.624. The lowest BCUT2D eigenvalue weighted by Gasteiger charge is -2.09. The largest absolute Gasteiger partial charge is 0.300 e. The second-order valence-corrected chi connectivity index (χ2v) is 8.68. The summed E-state index contributed by atoms with van der Waals surface area (Å²) < 4.78 is 26.3. The third kappa shape index (κ3) is 3.77. The van der Waals surface area contributed by atoms with Gasteiger partial charge in [0, 0.05) is 30.1 Å². The molecule has 0 spiro atoms. The molecule has 1 unspecified atom stereocenters. The Bertz CT molecular complexity index is 742. The molecular formula is C10H10ClN3O4S3. The smallest absolute Gasteiger partial charge is 0.258 e. The fourth-order valence-electron chi connectivity index (χ4n) is 1.47. The third-order valence-electron chi connectivity index (χ3n) is 2.56. The van der Waals surface area contributed by atoms with Crippen LogP contribution in [0.5, 0.6) is 0 Å². The van der Waals surface area contributed by atoms with Crippen LogP contribution >= 0.6 is 34.3 Å². The lowest BCUT2D eigenvalue weighted by atomic mass is 10.2. The van der Waals surface area contributed by atoms with Crippen molar-refractivity contribution in [3.05, 3.63) is 37.1 Å². The van der Waals surface area contributed by atoms with Gasteiger partial charge in [-0.25, -0.2) is 18.1 Å². The van der Waals surface area contributed by atoms with E-state index in [0.29, 0.717) is 11.3 Å². The van der Waals surface area contributed by atoms with Crippen LogP contribution in [0.4, 0.5) is 5.69 Å². The van der Waals surface area contributed by atoms with Gasteiger partial charge < -0.3 is 0 Å². The van der Waals surface area contributed by atoms with Gasteiger partial charge in [-0.15, -0.1) is 22.7 Å². The Morgan fingerprint density at radius 2 is 2.29 bits per heavy atom. The Balaban J connectivity index is 2.12. The van der Waals surface area contributed by atoms with Crippen LogP contribution in [-0.2, 0) is 10.0 Å². The van der Waals surface area contributed by atoms with Gasteiger partial charge in [0.15, 0.2) is 4.34 Å². The first-order chi connectivity index (χ1) is 9.81. The summed E-state index contributed by atoms with van der Waals surface area (Å²) in [4.78, 5) is 14.1. The zero-order valence-electron chi connectivity index (χ0n) is 10.6. The highest BCUT2D eigenvalue weighted by Gasteiger charge is 2.25. The molecule has 2 heterocycles. The number of nitrogens with one attached hydrogen (secondary N) is 1. The molecular weight excluding hydrogens is 358 g/mol. The highest BCUT2D eigenvalue weighted by atomic mass is 35.5. The van der Waals surface area contributed by atoms with Crippen molar-refractivity contribution in [1.29, 1.82) is 0 Å². The number of thiazole rings is 1. The van der Waals surface area contributed by atoms with Gasteiger partial charge in [0.1, 0.15) is 4.21 Å². The lowest BCUT2D eigenvalue weighted by molar-refractivity contribution is -0.384. The highest BCUT2D eigenvalue weighted by molar-refractivity contribution is 7.91. The number of rotatable bonds is 6. The molecule has 2 aromatic rings. The average molecular weight is 368 g/mol. The number of hydrogen-bond donors (Lipinski definition) is 1. The Morgan fingerprint density at radius 1 is 1.57 bits per heavy atom. The van der Waals surface area contributed by atoms with Gasteiger partial charge in [-0.1, -0.05) is 18.5 Å². The van der Waals surface area contributed by atoms with Crippen molar-refractivity contribution in [1.82, 2.24) is 9.71 Å². The first-order valence-electron chi connectivity index (χ1n) is 5.64. The van der Waals surface area contributed by atoms with Crippen LogP contribution in [0.1, 0.15) is 17.8 Å². The SMILES string of the molecule is CC(CNS(=O)(=O)c1cc([N+](=O)[O-])c(Cl)s1)c1nccs1. The molecule has 0 aromatic carbocycles. The zero-order valence-corrected chi connectivity index (χ0v) is 13.9. The monoisotopic (exact) mass is 367 g/mol. The Labute approximate surface area is 133 Å². The summed E-state index contributed by atoms with van der Waals surface area (Å²) >= 11 is 7.76. The molecule has 0 aliphatic rings. The summed E-state index contributed by atoms with van der Waals surface area (Å²) in [5, 5.41) is 13.3. The van der Waals surface area contributed by atoms with Gasteiger partial charge in [0.05, 0.1) is 9.93 Å². The molecule has 0 radical (unpaired) electrons. The molecule has 0 fully saturated rings. The van der Waals surface area contributed by atoms with E-state index in [-0.39, 0.29) is 21.0 Å². The summed E-state index contributed by atoms with van der Waals surface area (Å²) in [6.07, 6.45) is 1.65. The van der Waals surface area contributed by atoms with Gasteiger partial charge in [0.2, 0.25) is 10.0 Å². The van der Waals surface area contributed by atoms with Crippen LogP contribution in [0.25, 0.3) is 0 Å². The van der Waals surface area contributed by atoms with Gasteiger partial charge in [-0.2, -0.15) is 0 Å². The molecule has 1 atom stereocenters. The van der Waals surface area contributed by atoms with E-state index >= 15 is 0 Å². The molecule has 21 heavy (non-hydrogen) atoms. The van der Waals surface area contributed by atoms with E-state index in [4.69, 9.17) is 11.6 Å². The van der Waals surface area contributed by atoms with Crippen LogP contribution < -0.4 is 4.72 Å². The Kier molecular flexibility index (Phi) is 4.94. The molecule has 7 nitrogen and oxygen atoms in total. The fourth-order valence-corrected chi connectivity index (χ4v) is 5.00. The summed E-state index contributed by atoms with van der Waals surface area (Å²) in [6, 6.07) is 0.962. The maximum atomic E-state index is 12.1. The molecule has 0 saturated heterocycles. The first kappa shape index (κ1) is 16.3. The van der Waals surface area contributed by atoms with Gasteiger partial charge in [-0.3, -0.25) is 10.1 Å². The summed E-state index contributed by atoms with van der Waals surface area (Å²) in [5.41, 5.74) is -0.407. The minimum atomic E-state index is -3.83. The zero-order chi connectivity index (χ0) is 15.6. The van der Waals surface area contributed by atoms with E-state index in [1.54, 1.807) is 6.20 Å². The van der Waals surface area contributed by atoms with E-state index < -0.39 is 20.6 Å². The molecule has 0 aliphatic carbocycles. The molecule has 114 valence electrons. The van der Waals surface area contributed by atoms with E-state index in [0.717, 1.165) is 11.1 Å². The molecule has 2 rings (SSSR count). The predicted octanol–water partition coefficient (Wildman–Crippen LogP) is 2.85. The normalized spacial score (nSPS) is 13.2. The van der Waals surface area contributed by atoms with Crippen LogP contribution in [-0.4, -0.2) is 24.9 Å². The number of hydrogen-bond acceptors (Lipinski definition) is 7. The fraction of sp³-hybridized carbons (Fsp3) is 0.300. The average Bonchev–Trinajstić information content (AvgIpc) is 3.05. The Hall–Kier alpha value is -1.07. The van der Waals surface area contributed by atoms with E-state index in [1.165, 1.54) is 11.3 Å². The van der Waals surface area contributed by atoms with Crippen molar-refractivity contribution in [2.24, 2.45) is 0 Å². The maximum absolute atomic E-state index is 12.1. The van der Waals surface area contributed by atoms with Gasteiger partial charge in [-0.05, 0) is 0 Å². The standard InChI is InChI=1S/C10H10ClN3O4S3/c1-6(10-12-2-3-19-10)5-13-21(17,18)8-4-7(14(15)16)9(11)20-8/h2-4,6,13H,5H2,1H3. The number of sulfonamides is 1. The molecule has 1 N–H and O–H groups in total. The van der Waals surface area contributed by atoms with E-state index in [2.05, 4.69) is 9.71 Å². The van der Waals surface area contributed by atoms with Crippen LogP contribution in [0.3, 0.4) is 0 Å². The van der Waals surface area contributed by atoms with Crippen molar-refractivity contribution < 1.29 is 13.3 Å². The summed E-state index contributed by atoms with van der Waals surface area (Å²) in [5.74, 6) is -0.0924. The lowest BCUT2D eigenvalue weighted by Crippen LogP contribution is -2.27. The number of thiophene rings is 1. The van der Waals surface area contributed by atoms with E-state index in [9.17, 15) is 18.5 Å². The van der Waals surface area contributed by atoms with Crippen molar-refractivity contribution >= 4 is 50.0 Å². The van der Waals surface area contributed by atoms with Crippen molar-refractivity contribution in [3.8, 4) is 0 Å².